The van der Waals surface area contributed by atoms with Gasteiger partial charge in [0.1, 0.15) is 0 Å². The molecule has 0 aromatic heterocycles. The largest absolute Gasteiger partial charge is 0.348 e. The zero-order valence-electron chi connectivity index (χ0n) is 11.1. The second-order valence-corrected chi connectivity index (χ2v) is 5.52. The summed E-state index contributed by atoms with van der Waals surface area (Å²) in [4.78, 5) is 24.7. The fourth-order valence-corrected chi connectivity index (χ4v) is 3.11. The lowest BCUT2D eigenvalue weighted by molar-refractivity contribution is -0.384. The van der Waals surface area contributed by atoms with Gasteiger partial charge in [0, 0.05) is 30.3 Å². The highest BCUT2D eigenvalue weighted by atomic mass is 16.6. The summed E-state index contributed by atoms with van der Waals surface area (Å²) in [6.45, 7) is 3.19. The molecule has 0 aliphatic carbocycles. The summed E-state index contributed by atoms with van der Waals surface area (Å²) in [6.07, 6.45) is 2.29. The minimum Gasteiger partial charge on any atom is -0.348 e. The van der Waals surface area contributed by atoms with E-state index in [1.807, 2.05) is 0 Å². The van der Waals surface area contributed by atoms with Gasteiger partial charge in [-0.25, -0.2) is 0 Å². The summed E-state index contributed by atoms with van der Waals surface area (Å²) >= 11 is 0. The van der Waals surface area contributed by atoms with Crippen LogP contribution in [-0.4, -0.2) is 41.4 Å². The molecule has 4 rings (SSSR count). The van der Waals surface area contributed by atoms with Crippen LogP contribution in [0.5, 0.6) is 0 Å². The molecule has 3 heterocycles. The fourth-order valence-electron chi connectivity index (χ4n) is 3.11. The Balaban J connectivity index is 1.65. The van der Waals surface area contributed by atoms with Gasteiger partial charge in [-0.05, 0) is 44.0 Å². The van der Waals surface area contributed by atoms with Crippen molar-refractivity contribution in [1.29, 1.82) is 0 Å². The first-order valence-corrected chi connectivity index (χ1v) is 6.91. The number of carbonyl (C=O) groups is 1. The quantitative estimate of drug-likeness (QED) is 0.668. The van der Waals surface area contributed by atoms with Crippen LogP contribution >= 0.6 is 0 Å². The highest BCUT2D eigenvalue weighted by molar-refractivity contribution is 5.94. The lowest BCUT2D eigenvalue weighted by Crippen LogP contribution is -2.57. The van der Waals surface area contributed by atoms with Crippen LogP contribution in [0.2, 0.25) is 0 Å². The van der Waals surface area contributed by atoms with Crippen LogP contribution < -0.4 is 5.32 Å². The maximum atomic E-state index is 12.2. The van der Waals surface area contributed by atoms with E-state index in [1.54, 1.807) is 0 Å². The monoisotopic (exact) mass is 275 g/mol. The Morgan fingerprint density at radius 2 is 1.90 bits per heavy atom. The summed E-state index contributed by atoms with van der Waals surface area (Å²) < 4.78 is 0. The molecule has 3 fully saturated rings. The number of benzene rings is 1. The predicted octanol–water partition coefficient (Wildman–Crippen LogP) is 1.42. The second-order valence-electron chi connectivity index (χ2n) is 5.52. The van der Waals surface area contributed by atoms with E-state index in [2.05, 4.69) is 10.2 Å². The highest BCUT2D eigenvalue weighted by Crippen LogP contribution is 2.27. The number of fused-ring (bicyclic) bond motifs is 3. The Morgan fingerprint density at radius 3 is 2.40 bits per heavy atom. The molecule has 2 bridgehead atoms. The molecule has 106 valence electrons. The molecule has 20 heavy (non-hydrogen) atoms. The van der Waals surface area contributed by atoms with Crippen molar-refractivity contribution < 1.29 is 9.72 Å². The van der Waals surface area contributed by atoms with Gasteiger partial charge in [0.2, 0.25) is 0 Å². The second kappa shape index (κ2) is 5.20. The van der Waals surface area contributed by atoms with Crippen LogP contribution in [0.3, 0.4) is 0 Å². The van der Waals surface area contributed by atoms with Crippen LogP contribution in [0, 0.1) is 16.0 Å². The maximum Gasteiger partial charge on any atom is 0.269 e. The van der Waals surface area contributed by atoms with Gasteiger partial charge in [-0.2, -0.15) is 0 Å². The molecule has 6 heteroatoms. The van der Waals surface area contributed by atoms with Crippen LogP contribution in [0.15, 0.2) is 24.3 Å². The molecular formula is C14H17N3O3. The Labute approximate surface area is 116 Å². The van der Waals surface area contributed by atoms with Gasteiger partial charge in [0.05, 0.1) is 4.92 Å². The van der Waals surface area contributed by atoms with Gasteiger partial charge in [-0.1, -0.05) is 0 Å². The minimum atomic E-state index is -0.463. The molecule has 3 aliphatic heterocycles. The molecule has 1 N–H and O–H groups in total. The number of amides is 1. The normalized spacial score (nSPS) is 28.1. The Hall–Kier alpha value is -1.95. The molecule has 1 aromatic carbocycles. The van der Waals surface area contributed by atoms with Crippen LogP contribution in [0.25, 0.3) is 0 Å². The van der Waals surface area contributed by atoms with E-state index < -0.39 is 4.92 Å². The molecule has 6 nitrogen and oxygen atoms in total. The fraction of sp³-hybridized carbons (Fsp3) is 0.500. The average Bonchev–Trinajstić information content (AvgIpc) is 2.48. The van der Waals surface area contributed by atoms with Crippen molar-refractivity contribution in [3.8, 4) is 0 Å². The molecule has 3 aliphatic rings. The van der Waals surface area contributed by atoms with Crippen LogP contribution in [0.4, 0.5) is 5.69 Å². The number of piperidine rings is 3. The van der Waals surface area contributed by atoms with Gasteiger partial charge in [0.15, 0.2) is 0 Å². The van der Waals surface area contributed by atoms with E-state index in [4.69, 9.17) is 0 Å². The number of carbonyl (C=O) groups excluding carboxylic acids is 1. The van der Waals surface area contributed by atoms with Gasteiger partial charge in [0.25, 0.3) is 11.6 Å². The van der Waals surface area contributed by atoms with Gasteiger partial charge in [-0.15, -0.1) is 0 Å². The third-order valence-electron chi connectivity index (χ3n) is 4.31. The van der Waals surface area contributed by atoms with Crippen LogP contribution in [-0.2, 0) is 0 Å². The zero-order valence-corrected chi connectivity index (χ0v) is 11.1. The number of non-ortho nitro benzene ring substituents is 1. The molecule has 1 atom stereocenters. The van der Waals surface area contributed by atoms with Crippen molar-refractivity contribution >= 4 is 11.6 Å². The summed E-state index contributed by atoms with van der Waals surface area (Å²) in [5.41, 5.74) is 0.483. The lowest BCUT2D eigenvalue weighted by atomic mass is 9.84. The first kappa shape index (κ1) is 13.1. The smallest absolute Gasteiger partial charge is 0.269 e. The summed E-state index contributed by atoms with van der Waals surface area (Å²) in [5, 5.41) is 13.6. The van der Waals surface area contributed by atoms with Crippen molar-refractivity contribution in [3.05, 3.63) is 39.9 Å². The van der Waals surface area contributed by atoms with E-state index in [0.29, 0.717) is 11.5 Å². The van der Waals surface area contributed by atoms with Gasteiger partial charge < -0.3 is 10.2 Å². The van der Waals surface area contributed by atoms with E-state index in [9.17, 15) is 14.9 Å². The predicted molar refractivity (Wildman–Crippen MR) is 73.5 cm³/mol. The highest BCUT2D eigenvalue weighted by Gasteiger charge is 2.34. The number of hydrogen-bond acceptors (Lipinski definition) is 4. The molecule has 0 radical (unpaired) electrons. The topological polar surface area (TPSA) is 75.5 Å². The third-order valence-corrected chi connectivity index (χ3v) is 4.31. The van der Waals surface area contributed by atoms with Crippen molar-refractivity contribution in [3.63, 3.8) is 0 Å². The Morgan fingerprint density at radius 1 is 1.25 bits per heavy atom. The van der Waals surface area contributed by atoms with Crippen molar-refractivity contribution in [2.75, 3.05) is 19.6 Å². The van der Waals surface area contributed by atoms with E-state index in [-0.39, 0.29) is 17.6 Å². The first-order chi connectivity index (χ1) is 9.63. The maximum absolute atomic E-state index is 12.2. The number of nitro benzene ring substituents is 1. The average molecular weight is 275 g/mol. The Bertz CT molecular complexity index is 521. The van der Waals surface area contributed by atoms with E-state index in [0.717, 1.165) is 32.5 Å². The number of nitrogens with one attached hydrogen (secondary N) is 1. The SMILES string of the molecule is O=C(NC1CN2CCC1CC2)c1ccc([N+](=O)[O-])cc1. The van der Waals surface area contributed by atoms with E-state index >= 15 is 0 Å². The minimum absolute atomic E-state index is 0.00406. The standard InChI is InChI=1S/C14H17N3O3/c18-14(11-1-3-12(4-2-11)17(19)20)15-13-9-16-7-5-10(13)6-8-16/h1-4,10,13H,5-9H2,(H,15,18). The number of nitro groups is 1. The molecule has 1 aromatic rings. The summed E-state index contributed by atoms with van der Waals surface area (Å²) in [6, 6.07) is 5.96. The molecule has 0 spiro atoms. The molecular weight excluding hydrogens is 258 g/mol. The molecule has 3 saturated heterocycles. The summed E-state index contributed by atoms with van der Waals surface area (Å²) in [7, 11) is 0. The third kappa shape index (κ3) is 2.51. The van der Waals surface area contributed by atoms with Gasteiger partial charge >= 0.3 is 0 Å². The summed E-state index contributed by atoms with van der Waals surface area (Å²) in [5.74, 6) is 0.431. The lowest BCUT2D eigenvalue weighted by Gasteiger charge is -2.44. The number of hydrogen-bond donors (Lipinski definition) is 1. The van der Waals surface area contributed by atoms with E-state index in [1.165, 1.54) is 24.3 Å². The zero-order chi connectivity index (χ0) is 14.1. The number of rotatable bonds is 3. The number of nitrogens with zero attached hydrogens (tertiary/aromatic N) is 2. The van der Waals surface area contributed by atoms with Crippen molar-refractivity contribution in [2.45, 2.75) is 18.9 Å². The van der Waals surface area contributed by atoms with Gasteiger partial charge in [-0.3, -0.25) is 14.9 Å². The molecule has 0 saturated carbocycles. The molecule has 1 amide bonds. The first-order valence-electron chi connectivity index (χ1n) is 6.91. The van der Waals surface area contributed by atoms with Crippen molar-refractivity contribution in [1.82, 2.24) is 10.2 Å². The Kier molecular flexibility index (Phi) is 3.40. The van der Waals surface area contributed by atoms with Crippen LogP contribution in [0.1, 0.15) is 23.2 Å². The molecule has 1 unspecified atom stereocenters. The van der Waals surface area contributed by atoms with Crippen molar-refractivity contribution in [2.24, 2.45) is 5.92 Å².